The summed E-state index contributed by atoms with van der Waals surface area (Å²) in [4.78, 5) is 4.87. The van der Waals surface area contributed by atoms with Crippen molar-refractivity contribution in [1.82, 2.24) is 5.32 Å². The maximum Gasteiger partial charge on any atom is 0.146 e. The van der Waals surface area contributed by atoms with Crippen molar-refractivity contribution in [3.63, 3.8) is 0 Å². The highest BCUT2D eigenvalue weighted by atomic mass is 35.5. The van der Waals surface area contributed by atoms with Crippen molar-refractivity contribution in [3.05, 3.63) is 63.9 Å². The van der Waals surface area contributed by atoms with Gasteiger partial charge in [-0.1, -0.05) is 54.2 Å². The molecule has 1 aliphatic carbocycles. The Bertz CT molecular complexity index is 840. The predicted molar refractivity (Wildman–Crippen MR) is 106 cm³/mol. The van der Waals surface area contributed by atoms with Crippen LogP contribution in [0.5, 0.6) is 0 Å². The Labute approximate surface area is 162 Å². The molecule has 2 N–H and O–H groups in total. The summed E-state index contributed by atoms with van der Waals surface area (Å²) in [7, 11) is 0. The fourth-order valence-corrected chi connectivity index (χ4v) is 4.12. The fourth-order valence-electron chi connectivity index (χ4n) is 3.81. The van der Waals surface area contributed by atoms with E-state index in [-0.39, 0.29) is 17.9 Å². The molecular formula is C20H20Cl2FN3. The number of fused-ring (bicyclic) bond motifs is 1. The lowest BCUT2D eigenvalue weighted by molar-refractivity contribution is 0.279. The molecule has 1 saturated carbocycles. The van der Waals surface area contributed by atoms with Crippen LogP contribution >= 0.6 is 23.2 Å². The van der Waals surface area contributed by atoms with Crippen LogP contribution in [0.25, 0.3) is 0 Å². The molecule has 0 saturated heterocycles. The van der Waals surface area contributed by atoms with E-state index in [9.17, 15) is 4.39 Å². The SMILES string of the molecule is Fc1ccccc1NC1=NC(c2ccc(Cl)c(Cl)c2)NC2CCCCC12. The molecule has 4 rings (SSSR count). The Hall–Kier alpha value is -1.62. The highest BCUT2D eigenvalue weighted by Gasteiger charge is 2.35. The number of nitrogens with one attached hydrogen (secondary N) is 2. The molecule has 0 amide bonds. The monoisotopic (exact) mass is 391 g/mol. The third-order valence-corrected chi connectivity index (χ3v) is 5.89. The maximum atomic E-state index is 14.1. The topological polar surface area (TPSA) is 36.4 Å². The van der Waals surface area contributed by atoms with Gasteiger partial charge in [-0.05, 0) is 42.7 Å². The summed E-state index contributed by atoms with van der Waals surface area (Å²) < 4.78 is 14.1. The number of rotatable bonds is 2. The van der Waals surface area contributed by atoms with E-state index in [2.05, 4.69) is 10.6 Å². The summed E-state index contributed by atoms with van der Waals surface area (Å²) in [6.07, 6.45) is 4.26. The Morgan fingerprint density at radius 3 is 2.65 bits per heavy atom. The highest BCUT2D eigenvalue weighted by Crippen LogP contribution is 2.35. The third kappa shape index (κ3) is 3.59. The van der Waals surface area contributed by atoms with E-state index in [1.54, 1.807) is 18.2 Å². The van der Waals surface area contributed by atoms with Gasteiger partial charge in [-0.25, -0.2) is 9.38 Å². The number of aliphatic imine (C=N–C) groups is 1. The predicted octanol–water partition coefficient (Wildman–Crippen LogP) is 5.80. The highest BCUT2D eigenvalue weighted by molar-refractivity contribution is 6.42. The van der Waals surface area contributed by atoms with Crippen molar-refractivity contribution in [2.75, 3.05) is 5.32 Å². The molecule has 3 nitrogen and oxygen atoms in total. The van der Waals surface area contributed by atoms with E-state index in [1.807, 2.05) is 18.2 Å². The lowest BCUT2D eigenvalue weighted by Gasteiger charge is -2.39. The van der Waals surface area contributed by atoms with E-state index in [0.29, 0.717) is 21.8 Å². The third-order valence-electron chi connectivity index (χ3n) is 5.15. The molecule has 0 spiro atoms. The van der Waals surface area contributed by atoms with Crippen LogP contribution in [-0.2, 0) is 0 Å². The van der Waals surface area contributed by atoms with Gasteiger partial charge in [0, 0.05) is 12.0 Å². The Morgan fingerprint density at radius 2 is 1.85 bits per heavy atom. The van der Waals surface area contributed by atoms with Crippen LogP contribution in [0.15, 0.2) is 47.5 Å². The van der Waals surface area contributed by atoms with E-state index >= 15 is 0 Å². The van der Waals surface area contributed by atoms with Crippen LogP contribution < -0.4 is 10.6 Å². The largest absolute Gasteiger partial charge is 0.341 e. The second-order valence-corrected chi connectivity index (χ2v) is 7.67. The van der Waals surface area contributed by atoms with Gasteiger partial charge >= 0.3 is 0 Å². The molecule has 26 heavy (non-hydrogen) atoms. The number of para-hydroxylation sites is 1. The van der Waals surface area contributed by atoms with Crippen LogP contribution in [0, 0.1) is 11.7 Å². The van der Waals surface area contributed by atoms with Crippen LogP contribution in [0.3, 0.4) is 0 Å². The molecule has 2 aliphatic rings. The van der Waals surface area contributed by atoms with Crippen molar-refractivity contribution in [1.29, 1.82) is 0 Å². The van der Waals surface area contributed by atoms with E-state index in [4.69, 9.17) is 28.2 Å². The van der Waals surface area contributed by atoms with Crippen molar-refractivity contribution in [2.24, 2.45) is 10.9 Å². The van der Waals surface area contributed by atoms with E-state index < -0.39 is 0 Å². The minimum atomic E-state index is -0.271. The molecule has 1 aliphatic heterocycles. The van der Waals surface area contributed by atoms with Gasteiger partial charge < -0.3 is 5.32 Å². The van der Waals surface area contributed by atoms with Crippen molar-refractivity contribution >= 4 is 34.7 Å². The summed E-state index contributed by atoms with van der Waals surface area (Å²) in [5.74, 6) is 0.837. The van der Waals surface area contributed by atoms with Gasteiger partial charge in [0.2, 0.25) is 0 Å². The average Bonchev–Trinajstić information content (AvgIpc) is 2.65. The van der Waals surface area contributed by atoms with Gasteiger partial charge in [0.25, 0.3) is 0 Å². The summed E-state index contributed by atoms with van der Waals surface area (Å²) in [6.45, 7) is 0. The first kappa shape index (κ1) is 17.8. The number of hydrogen-bond acceptors (Lipinski definition) is 3. The van der Waals surface area contributed by atoms with Gasteiger partial charge in [-0.3, -0.25) is 5.32 Å². The molecular weight excluding hydrogens is 372 g/mol. The summed E-state index contributed by atoms with van der Waals surface area (Å²) in [6, 6.07) is 12.6. The molecule has 136 valence electrons. The van der Waals surface area contributed by atoms with E-state index in [0.717, 1.165) is 30.7 Å². The molecule has 2 aromatic rings. The van der Waals surface area contributed by atoms with E-state index in [1.165, 1.54) is 12.5 Å². The summed E-state index contributed by atoms with van der Waals surface area (Å²) >= 11 is 12.2. The first-order valence-corrected chi connectivity index (χ1v) is 9.67. The average molecular weight is 392 g/mol. The Kier molecular flexibility index (Phi) is 5.16. The molecule has 0 bridgehead atoms. The van der Waals surface area contributed by atoms with Crippen LogP contribution in [0.4, 0.5) is 10.1 Å². The maximum absolute atomic E-state index is 14.1. The van der Waals surface area contributed by atoms with Gasteiger partial charge in [0.05, 0.1) is 15.7 Å². The zero-order chi connectivity index (χ0) is 18.1. The van der Waals surface area contributed by atoms with Gasteiger partial charge in [-0.15, -0.1) is 0 Å². The summed E-state index contributed by atoms with van der Waals surface area (Å²) in [5, 5.41) is 7.91. The molecule has 3 unspecified atom stereocenters. The van der Waals surface area contributed by atoms with Crippen LogP contribution in [0.2, 0.25) is 10.0 Å². The molecule has 3 atom stereocenters. The molecule has 1 heterocycles. The van der Waals surface area contributed by atoms with Crippen molar-refractivity contribution in [2.45, 2.75) is 37.9 Å². The first-order valence-electron chi connectivity index (χ1n) is 8.92. The number of amidine groups is 1. The van der Waals surface area contributed by atoms with Gasteiger partial charge in [0.15, 0.2) is 0 Å². The van der Waals surface area contributed by atoms with Crippen LogP contribution in [-0.4, -0.2) is 11.9 Å². The quantitative estimate of drug-likeness (QED) is 0.677. The first-order chi connectivity index (χ1) is 12.6. The zero-order valence-corrected chi connectivity index (χ0v) is 15.7. The number of halogens is 3. The molecule has 2 aromatic carbocycles. The number of benzene rings is 2. The molecule has 1 fully saturated rings. The number of hydrogen-bond donors (Lipinski definition) is 2. The van der Waals surface area contributed by atoms with Crippen molar-refractivity contribution in [3.8, 4) is 0 Å². The lowest BCUT2D eigenvalue weighted by atomic mass is 9.82. The van der Waals surface area contributed by atoms with Gasteiger partial charge in [-0.2, -0.15) is 0 Å². The minimum absolute atomic E-state index is 0.224. The Morgan fingerprint density at radius 1 is 1.04 bits per heavy atom. The zero-order valence-electron chi connectivity index (χ0n) is 14.2. The standard InChI is InChI=1S/C20H20Cl2FN3/c21-14-10-9-12(11-15(14)22)19-24-17-7-3-1-5-13(17)20(26-19)25-18-8-4-2-6-16(18)23/h2,4,6,8-11,13,17,19,24H,1,3,5,7H2,(H,25,26). The lowest BCUT2D eigenvalue weighted by Crippen LogP contribution is -2.49. The fraction of sp³-hybridized carbons (Fsp3) is 0.350. The minimum Gasteiger partial charge on any atom is -0.341 e. The second-order valence-electron chi connectivity index (χ2n) is 6.86. The summed E-state index contributed by atoms with van der Waals surface area (Å²) in [5.41, 5.74) is 1.42. The van der Waals surface area contributed by atoms with Crippen LogP contribution in [0.1, 0.15) is 37.4 Å². The normalized spacial score (nSPS) is 25.3. The van der Waals surface area contributed by atoms with Gasteiger partial charge in [0.1, 0.15) is 17.8 Å². The molecule has 0 radical (unpaired) electrons. The Balaban J connectivity index is 1.68. The smallest absolute Gasteiger partial charge is 0.146 e. The molecule has 6 heteroatoms. The number of anilines is 1. The molecule has 0 aromatic heterocycles. The second kappa shape index (κ2) is 7.55. The number of nitrogens with zero attached hydrogens (tertiary/aromatic N) is 1. The van der Waals surface area contributed by atoms with Crippen molar-refractivity contribution < 1.29 is 4.39 Å².